The van der Waals surface area contributed by atoms with E-state index in [4.69, 9.17) is 4.74 Å². The summed E-state index contributed by atoms with van der Waals surface area (Å²) in [4.78, 5) is 19.2. The van der Waals surface area contributed by atoms with Crippen LogP contribution in [0.3, 0.4) is 0 Å². The third-order valence-electron chi connectivity index (χ3n) is 5.22. The van der Waals surface area contributed by atoms with E-state index < -0.39 is 0 Å². The molecule has 3 heterocycles. The average molecular weight is 354 g/mol. The molecular weight excluding hydrogens is 328 g/mol. The van der Waals surface area contributed by atoms with Crippen LogP contribution in [0.2, 0.25) is 0 Å². The second kappa shape index (κ2) is 7.19. The topological polar surface area (TPSA) is 60.2 Å². The van der Waals surface area contributed by atoms with Crippen molar-refractivity contribution in [3.63, 3.8) is 0 Å². The van der Waals surface area contributed by atoms with Crippen molar-refractivity contribution in [3.8, 4) is 0 Å². The van der Waals surface area contributed by atoms with Gasteiger partial charge in [0.1, 0.15) is 0 Å². The molecule has 0 aromatic carbocycles. The summed E-state index contributed by atoms with van der Waals surface area (Å²) in [6.45, 7) is 4.75. The second-order valence-corrected chi connectivity index (χ2v) is 7.47. The van der Waals surface area contributed by atoms with Gasteiger partial charge in [0.2, 0.25) is 0 Å². The zero-order valence-corrected chi connectivity index (χ0v) is 15.5. The maximum absolute atomic E-state index is 13.0. The van der Waals surface area contributed by atoms with Gasteiger partial charge in [0.05, 0.1) is 17.9 Å². The Bertz CT molecular complexity index is 780. The minimum absolute atomic E-state index is 0.0295. The van der Waals surface area contributed by atoms with Crippen LogP contribution in [0.25, 0.3) is 0 Å². The van der Waals surface area contributed by atoms with E-state index >= 15 is 0 Å². The summed E-state index contributed by atoms with van der Waals surface area (Å²) in [7, 11) is 1.93. The summed E-state index contributed by atoms with van der Waals surface area (Å²) in [6.07, 6.45) is 7.15. The molecule has 0 saturated heterocycles. The molecule has 6 heteroatoms. The zero-order chi connectivity index (χ0) is 18.1. The van der Waals surface area contributed by atoms with Crippen molar-refractivity contribution < 1.29 is 9.53 Å². The summed E-state index contributed by atoms with van der Waals surface area (Å²) < 4.78 is 7.77. The Labute approximate surface area is 154 Å². The van der Waals surface area contributed by atoms with Crippen molar-refractivity contribution in [1.29, 1.82) is 0 Å². The number of carbonyl (C=O) groups is 1. The first-order valence-corrected chi connectivity index (χ1v) is 9.48. The van der Waals surface area contributed by atoms with E-state index in [1.807, 2.05) is 35.0 Å². The highest BCUT2D eigenvalue weighted by molar-refractivity contribution is 5.94. The lowest BCUT2D eigenvalue weighted by Gasteiger charge is -2.32. The van der Waals surface area contributed by atoms with Crippen molar-refractivity contribution >= 4 is 5.91 Å². The molecule has 138 valence electrons. The van der Waals surface area contributed by atoms with Crippen LogP contribution in [0, 0.1) is 5.92 Å². The molecule has 0 radical (unpaired) electrons. The van der Waals surface area contributed by atoms with Gasteiger partial charge in [0.15, 0.2) is 0 Å². The van der Waals surface area contributed by atoms with Crippen LogP contribution >= 0.6 is 0 Å². The maximum Gasteiger partial charge on any atom is 0.255 e. The molecule has 0 spiro atoms. The Balaban J connectivity index is 1.49. The molecule has 26 heavy (non-hydrogen) atoms. The maximum atomic E-state index is 13.0. The van der Waals surface area contributed by atoms with Gasteiger partial charge < -0.3 is 9.64 Å². The van der Waals surface area contributed by atoms with E-state index in [2.05, 4.69) is 17.0 Å². The Hall–Kier alpha value is -2.21. The van der Waals surface area contributed by atoms with Crippen molar-refractivity contribution in [1.82, 2.24) is 19.7 Å². The Morgan fingerprint density at radius 2 is 2.15 bits per heavy atom. The van der Waals surface area contributed by atoms with E-state index in [1.165, 1.54) is 12.8 Å². The largest absolute Gasteiger partial charge is 0.380 e. The molecule has 0 bridgehead atoms. The molecule has 0 N–H and O–H groups in total. The lowest BCUT2D eigenvalue weighted by molar-refractivity contribution is 0.0625. The molecule has 6 nitrogen and oxygen atoms in total. The fourth-order valence-corrected chi connectivity index (χ4v) is 3.53. The number of amides is 1. The van der Waals surface area contributed by atoms with Gasteiger partial charge in [-0.15, -0.1) is 0 Å². The molecule has 1 unspecified atom stereocenters. The zero-order valence-electron chi connectivity index (χ0n) is 15.5. The number of rotatable bonds is 6. The van der Waals surface area contributed by atoms with Crippen LogP contribution in [0.5, 0.6) is 0 Å². The van der Waals surface area contributed by atoms with Crippen molar-refractivity contribution in [2.45, 2.75) is 38.6 Å². The van der Waals surface area contributed by atoms with Gasteiger partial charge in [0.25, 0.3) is 5.91 Å². The number of fused-ring (bicyclic) bond motifs is 1. The average Bonchev–Trinajstić information content (AvgIpc) is 3.40. The first kappa shape index (κ1) is 17.2. The molecule has 2 aromatic heterocycles. The molecule has 2 aromatic rings. The highest BCUT2D eigenvalue weighted by Gasteiger charge is 2.32. The number of carbonyl (C=O) groups excluding carboxylic acids is 1. The molecule has 4 rings (SSSR count). The van der Waals surface area contributed by atoms with Crippen molar-refractivity contribution in [2.75, 3.05) is 19.8 Å². The monoisotopic (exact) mass is 354 g/mol. The Morgan fingerprint density at radius 1 is 1.31 bits per heavy atom. The van der Waals surface area contributed by atoms with Gasteiger partial charge in [-0.1, -0.05) is 6.92 Å². The quantitative estimate of drug-likeness (QED) is 0.800. The van der Waals surface area contributed by atoms with Gasteiger partial charge in [-0.2, -0.15) is 5.10 Å². The number of aryl methyl sites for hydroxylation is 2. The minimum Gasteiger partial charge on any atom is -0.380 e. The first-order chi connectivity index (χ1) is 12.6. The number of hydrogen-bond donors (Lipinski definition) is 0. The molecular formula is C20H26N4O2. The van der Waals surface area contributed by atoms with E-state index in [0.717, 1.165) is 35.9 Å². The highest BCUT2D eigenvalue weighted by atomic mass is 16.5. The summed E-state index contributed by atoms with van der Waals surface area (Å²) in [5.74, 6) is 0.898. The van der Waals surface area contributed by atoms with E-state index in [1.54, 1.807) is 6.20 Å². The Morgan fingerprint density at radius 3 is 2.85 bits per heavy atom. The molecule has 1 atom stereocenters. The van der Waals surface area contributed by atoms with Crippen molar-refractivity contribution in [3.05, 3.63) is 47.0 Å². The van der Waals surface area contributed by atoms with Crippen LogP contribution in [0.15, 0.2) is 24.5 Å². The summed E-state index contributed by atoms with van der Waals surface area (Å²) in [5.41, 5.74) is 3.84. The van der Waals surface area contributed by atoms with Gasteiger partial charge in [-0.05, 0) is 37.3 Å². The fourth-order valence-electron chi connectivity index (χ4n) is 3.53. The number of nitrogens with zero attached hydrogens (tertiary/aromatic N) is 4. The number of ether oxygens (including phenoxy) is 1. The number of hydrogen-bond acceptors (Lipinski definition) is 4. The van der Waals surface area contributed by atoms with Crippen LogP contribution in [-0.4, -0.2) is 45.3 Å². The second-order valence-electron chi connectivity index (χ2n) is 7.47. The predicted octanol–water partition coefficient (Wildman–Crippen LogP) is 2.54. The highest BCUT2D eigenvalue weighted by Crippen LogP contribution is 2.31. The van der Waals surface area contributed by atoms with E-state index in [9.17, 15) is 4.79 Å². The lowest BCUT2D eigenvalue weighted by Crippen LogP contribution is -2.39. The van der Waals surface area contributed by atoms with Crippen LogP contribution in [0.4, 0.5) is 0 Å². The minimum atomic E-state index is 0.0295. The van der Waals surface area contributed by atoms with Crippen LogP contribution in [0.1, 0.15) is 53.0 Å². The van der Waals surface area contributed by atoms with Crippen LogP contribution < -0.4 is 0 Å². The normalized spacial score (nSPS) is 19.5. The summed E-state index contributed by atoms with van der Waals surface area (Å²) in [6, 6.07) is 3.81. The van der Waals surface area contributed by atoms with Gasteiger partial charge in [-0.3, -0.25) is 14.5 Å². The molecule has 1 aliphatic heterocycles. The number of pyridine rings is 1. The SMILES string of the molecule is CCc1ccc(C(=O)N2Cc3cn(C)nc3C(COCC3CC3)C2)cn1. The standard InChI is InChI=1S/C20H26N4O2/c1-3-18-7-6-15(8-21-18)20(25)24-10-16-9-23(2)22-19(16)17(11-24)13-26-12-14-4-5-14/h6-9,14,17H,3-5,10-13H2,1-2H3. The summed E-state index contributed by atoms with van der Waals surface area (Å²) in [5, 5.41) is 4.62. The molecule has 1 amide bonds. The van der Waals surface area contributed by atoms with Gasteiger partial charge in [0, 0.05) is 56.3 Å². The molecule has 1 saturated carbocycles. The fraction of sp³-hybridized carbons (Fsp3) is 0.550. The third-order valence-corrected chi connectivity index (χ3v) is 5.22. The smallest absolute Gasteiger partial charge is 0.255 e. The molecule has 1 aliphatic carbocycles. The van der Waals surface area contributed by atoms with Crippen LogP contribution in [-0.2, 0) is 24.8 Å². The first-order valence-electron chi connectivity index (χ1n) is 9.48. The number of aromatic nitrogens is 3. The lowest BCUT2D eigenvalue weighted by atomic mass is 9.96. The Kier molecular flexibility index (Phi) is 4.76. The van der Waals surface area contributed by atoms with Gasteiger partial charge >= 0.3 is 0 Å². The van der Waals surface area contributed by atoms with Crippen molar-refractivity contribution in [2.24, 2.45) is 13.0 Å². The molecule has 2 aliphatic rings. The van der Waals surface area contributed by atoms with E-state index in [-0.39, 0.29) is 11.8 Å². The molecule has 1 fully saturated rings. The third kappa shape index (κ3) is 3.65. The van der Waals surface area contributed by atoms with E-state index in [0.29, 0.717) is 25.3 Å². The summed E-state index contributed by atoms with van der Waals surface area (Å²) >= 11 is 0. The van der Waals surface area contributed by atoms with Gasteiger partial charge in [-0.25, -0.2) is 0 Å². The predicted molar refractivity (Wildman–Crippen MR) is 97.8 cm³/mol.